The summed E-state index contributed by atoms with van der Waals surface area (Å²) in [5, 5.41) is 8.72. The standard InChI is InChI=1S/C15H17ClO7S/c1-4-23-14-10(24(21,22)5-2)7-6-9(12(14)16)13(18)11(8(3)17)15(19)20/h6-7,11H,4-5H2,1-3H3,(H,19,20). The summed E-state index contributed by atoms with van der Waals surface area (Å²) in [4.78, 5) is 34.7. The fraction of sp³-hybridized carbons (Fsp3) is 0.400. The fourth-order valence-corrected chi connectivity index (χ4v) is 3.43. The van der Waals surface area contributed by atoms with Gasteiger partial charge in [-0.25, -0.2) is 8.42 Å². The van der Waals surface area contributed by atoms with Crippen molar-refractivity contribution in [3.8, 4) is 5.75 Å². The largest absolute Gasteiger partial charge is 0.491 e. The number of aliphatic carboxylic acids is 1. The molecular weight excluding hydrogens is 360 g/mol. The molecule has 0 aliphatic rings. The SMILES string of the molecule is CCOc1c(S(=O)(=O)CC)ccc(C(=O)C(C(C)=O)C(=O)O)c1Cl. The number of Topliss-reactive ketones (excluding diaryl/α,β-unsaturated/α-hetero) is 2. The van der Waals surface area contributed by atoms with Crippen molar-refractivity contribution in [3.63, 3.8) is 0 Å². The molecule has 0 aliphatic heterocycles. The summed E-state index contributed by atoms with van der Waals surface area (Å²) in [6.07, 6.45) is 0. The van der Waals surface area contributed by atoms with Gasteiger partial charge in [0.25, 0.3) is 0 Å². The van der Waals surface area contributed by atoms with Gasteiger partial charge in [-0.1, -0.05) is 18.5 Å². The molecular formula is C15H17ClO7S. The van der Waals surface area contributed by atoms with Crippen LogP contribution in [0, 0.1) is 5.92 Å². The number of carbonyl (C=O) groups excluding carboxylic acids is 2. The number of benzene rings is 1. The quantitative estimate of drug-likeness (QED) is 0.545. The highest BCUT2D eigenvalue weighted by atomic mass is 35.5. The maximum Gasteiger partial charge on any atom is 0.322 e. The number of rotatable bonds is 8. The van der Waals surface area contributed by atoms with Gasteiger partial charge in [-0.05, 0) is 26.0 Å². The number of sulfone groups is 1. The molecule has 9 heteroatoms. The van der Waals surface area contributed by atoms with Crippen LogP contribution in [0.3, 0.4) is 0 Å². The van der Waals surface area contributed by atoms with Crippen LogP contribution < -0.4 is 4.74 Å². The van der Waals surface area contributed by atoms with Crippen LogP contribution in [0.2, 0.25) is 5.02 Å². The molecule has 0 fully saturated rings. The van der Waals surface area contributed by atoms with E-state index in [-0.39, 0.29) is 33.6 Å². The lowest BCUT2D eigenvalue weighted by Crippen LogP contribution is -2.30. The topological polar surface area (TPSA) is 115 Å². The molecule has 0 aliphatic carbocycles. The molecule has 1 aromatic carbocycles. The number of carboxylic acid groups (broad SMARTS) is 1. The van der Waals surface area contributed by atoms with Gasteiger partial charge in [0.1, 0.15) is 4.90 Å². The lowest BCUT2D eigenvalue weighted by Gasteiger charge is -2.16. The van der Waals surface area contributed by atoms with E-state index in [2.05, 4.69) is 0 Å². The van der Waals surface area contributed by atoms with Gasteiger partial charge < -0.3 is 9.84 Å². The van der Waals surface area contributed by atoms with Crippen LogP contribution in [-0.2, 0) is 19.4 Å². The first kappa shape index (κ1) is 20.1. The highest BCUT2D eigenvalue weighted by molar-refractivity contribution is 7.91. The Hall–Kier alpha value is -1.93. The monoisotopic (exact) mass is 376 g/mol. The van der Waals surface area contributed by atoms with Crippen molar-refractivity contribution in [1.82, 2.24) is 0 Å². The lowest BCUT2D eigenvalue weighted by molar-refractivity contribution is -0.143. The number of hydrogen-bond donors (Lipinski definition) is 1. The Kier molecular flexibility index (Phi) is 6.50. The van der Waals surface area contributed by atoms with Crippen LogP contribution in [0.4, 0.5) is 0 Å². The van der Waals surface area contributed by atoms with E-state index >= 15 is 0 Å². The third kappa shape index (κ3) is 3.93. The molecule has 0 radical (unpaired) electrons. The minimum Gasteiger partial charge on any atom is -0.491 e. The predicted octanol–water partition coefficient (Wildman–Crippen LogP) is 2.00. The van der Waals surface area contributed by atoms with E-state index in [1.54, 1.807) is 6.92 Å². The van der Waals surface area contributed by atoms with Gasteiger partial charge in [0.15, 0.2) is 33.1 Å². The molecule has 0 bridgehead atoms. The molecule has 0 amide bonds. The Balaban J connectivity index is 3.59. The lowest BCUT2D eigenvalue weighted by atomic mass is 9.94. The maximum atomic E-state index is 12.3. The minimum absolute atomic E-state index is 0.0820. The number of carbonyl (C=O) groups is 3. The molecule has 1 N–H and O–H groups in total. The molecule has 24 heavy (non-hydrogen) atoms. The average Bonchev–Trinajstić information content (AvgIpc) is 2.48. The summed E-state index contributed by atoms with van der Waals surface area (Å²) in [5.41, 5.74) is -0.280. The predicted molar refractivity (Wildman–Crippen MR) is 86.5 cm³/mol. The number of ether oxygens (including phenoxy) is 1. The van der Waals surface area contributed by atoms with Crippen LogP contribution in [0.1, 0.15) is 31.1 Å². The third-order valence-electron chi connectivity index (χ3n) is 3.25. The summed E-state index contributed by atoms with van der Waals surface area (Å²) in [5.74, 6) is -5.83. The zero-order valence-electron chi connectivity index (χ0n) is 13.3. The summed E-state index contributed by atoms with van der Waals surface area (Å²) < 4.78 is 29.5. The van der Waals surface area contributed by atoms with Crippen molar-refractivity contribution < 1.29 is 32.6 Å². The Labute approximate surface area is 144 Å². The van der Waals surface area contributed by atoms with Crippen molar-refractivity contribution >= 4 is 39.0 Å². The highest BCUT2D eigenvalue weighted by Gasteiger charge is 2.34. The van der Waals surface area contributed by atoms with Gasteiger partial charge in [-0.15, -0.1) is 0 Å². The Morgan fingerprint density at radius 2 is 1.83 bits per heavy atom. The Bertz CT molecular complexity index is 769. The van der Waals surface area contributed by atoms with Gasteiger partial charge in [0, 0.05) is 5.56 Å². The molecule has 1 unspecified atom stereocenters. The average molecular weight is 377 g/mol. The number of ketones is 2. The van der Waals surface area contributed by atoms with E-state index in [0.717, 1.165) is 19.1 Å². The van der Waals surface area contributed by atoms with E-state index < -0.39 is 33.3 Å². The van der Waals surface area contributed by atoms with E-state index in [9.17, 15) is 22.8 Å². The minimum atomic E-state index is -3.67. The molecule has 0 aromatic heterocycles. The molecule has 0 saturated heterocycles. The van der Waals surface area contributed by atoms with Crippen molar-refractivity contribution in [2.75, 3.05) is 12.4 Å². The van der Waals surface area contributed by atoms with E-state index in [1.165, 1.54) is 6.92 Å². The van der Waals surface area contributed by atoms with Crippen molar-refractivity contribution in [1.29, 1.82) is 0 Å². The number of carboxylic acids is 1. The number of hydrogen-bond acceptors (Lipinski definition) is 6. The molecule has 7 nitrogen and oxygen atoms in total. The Morgan fingerprint density at radius 1 is 1.25 bits per heavy atom. The maximum absolute atomic E-state index is 12.3. The van der Waals surface area contributed by atoms with E-state index in [4.69, 9.17) is 21.4 Å². The van der Waals surface area contributed by atoms with Gasteiger partial charge in [0.2, 0.25) is 0 Å². The fourth-order valence-electron chi connectivity index (χ4n) is 2.03. The first-order valence-electron chi connectivity index (χ1n) is 7.03. The van der Waals surface area contributed by atoms with Gasteiger partial charge in [-0.3, -0.25) is 14.4 Å². The van der Waals surface area contributed by atoms with Crippen molar-refractivity contribution in [3.05, 3.63) is 22.7 Å². The molecule has 132 valence electrons. The second-order valence-electron chi connectivity index (χ2n) is 4.84. The first-order valence-corrected chi connectivity index (χ1v) is 9.07. The van der Waals surface area contributed by atoms with Crippen LogP contribution in [0.25, 0.3) is 0 Å². The second kappa shape index (κ2) is 7.76. The van der Waals surface area contributed by atoms with Crippen LogP contribution in [0.5, 0.6) is 5.75 Å². The molecule has 0 spiro atoms. The highest BCUT2D eigenvalue weighted by Crippen LogP contribution is 2.36. The summed E-state index contributed by atoms with van der Waals surface area (Å²) in [6, 6.07) is 2.22. The summed E-state index contributed by atoms with van der Waals surface area (Å²) in [7, 11) is -3.67. The van der Waals surface area contributed by atoms with Crippen LogP contribution in [-0.4, -0.2) is 43.4 Å². The zero-order chi connectivity index (χ0) is 18.7. The van der Waals surface area contributed by atoms with Crippen LogP contribution >= 0.6 is 11.6 Å². The molecule has 0 heterocycles. The normalized spacial score (nSPS) is 12.5. The summed E-state index contributed by atoms with van der Waals surface area (Å²) >= 11 is 6.09. The summed E-state index contributed by atoms with van der Waals surface area (Å²) in [6.45, 7) is 4.10. The molecule has 1 rings (SSSR count). The van der Waals surface area contributed by atoms with Crippen molar-refractivity contribution in [2.24, 2.45) is 5.92 Å². The van der Waals surface area contributed by atoms with Gasteiger partial charge >= 0.3 is 5.97 Å². The van der Waals surface area contributed by atoms with Gasteiger partial charge in [-0.2, -0.15) is 0 Å². The smallest absolute Gasteiger partial charge is 0.322 e. The molecule has 0 saturated carbocycles. The first-order chi connectivity index (χ1) is 11.1. The third-order valence-corrected chi connectivity index (χ3v) is 5.37. The van der Waals surface area contributed by atoms with Crippen molar-refractivity contribution in [2.45, 2.75) is 25.7 Å². The Morgan fingerprint density at radius 3 is 2.25 bits per heavy atom. The van der Waals surface area contributed by atoms with E-state index in [0.29, 0.717) is 0 Å². The van der Waals surface area contributed by atoms with E-state index in [1.807, 2.05) is 0 Å². The van der Waals surface area contributed by atoms with Crippen LogP contribution in [0.15, 0.2) is 17.0 Å². The molecule has 1 aromatic rings. The zero-order valence-corrected chi connectivity index (χ0v) is 14.9. The molecule has 1 atom stereocenters. The van der Waals surface area contributed by atoms with Gasteiger partial charge in [0.05, 0.1) is 17.4 Å². The second-order valence-corrected chi connectivity index (χ2v) is 7.46. The number of halogens is 1.